The summed E-state index contributed by atoms with van der Waals surface area (Å²) >= 11 is 0. The number of aromatic nitrogens is 2. The summed E-state index contributed by atoms with van der Waals surface area (Å²) in [4.78, 5) is 26.7. The highest BCUT2D eigenvalue weighted by molar-refractivity contribution is 5.85. The summed E-state index contributed by atoms with van der Waals surface area (Å²) in [5.74, 6) is 3.05. The zero-order valence-corrected chi connectivity index (χ0v) is 17.9. The van der Waals surface area contributed by atoms with Gasteiger partial charge in [0.1, 0.15) is 5.82 Å². The van der Waals surface area contributed by atoms with Crippen molar-refractivity contribution in [1.29, 1.82) is 0 Å². The molecule has 1 atom stereocenters. The quantitative estimate of drug-likeness (QED) is 0.782. The molecule has 0 radical (unpaired) electrons. The van der Waals surface area contributed by atoms with E-state index in [1.807, 2.05) is 36.2 Å². The number of benzene rings is 1. The molecule has 1 spiro atoms. The van der Waals surface area contributed by atoms with Crippen LogP contribution in [0.5, 0.6) is 11.5 Å². The van der Waals surface area contributed by atoms with Crippen molar-refractivity contribution in [3.05, 3.63) is 36.0 Å². The van der Waals surface area contributed by atoms with Crippen LogP contribution in [0.4, 0.5) is 11.8 Å². The highest BCUT2D eigenvalue weighted by Crippen LogP contribution is 2.42. The van der Waals surface area contributed by atoms with E-state index in [0.717, 1.165) is 43.7 Å². The van der Waals surface area contributed by atoms with Crippen molar-refractivity contribution in [2.45, 2.75) is 25.8 Å². The van der Waals surface area contributed by atoms with E-state index in [4.69, 9.17) is 9.47 Å². The van der Waals surface area contributed by atoms with Gasteiger partial charge < -0.3 is 24.6 Å². The Morgan fingerprint density at radius 3 is 2.80 bits per heavy atom. The lowest BCUT2D eigenvalue weighted by Gasteiger charge is -2.39. The van der Waals surface area contributed by atoms with Gasteiger partial charge in [0.15, 0.2) is 11.5 Å². The van der Waals surface area contributed by atoms with E-state index in [1.54, 1.807) is 20.4 Å². The van der Waals surface area contributed by atoms with Crippen molar-refractivity contribution >= 4 is 17.7 Å². The largest absolute Gasteiger partial charge is 0.493 e. The van der Waals surface area contributed by atoms with Gasteiger partial charge in [-0.3, -0.25) is 4.79 Å². The number of hydrogen-bond acceptors (Lipinski definition) is 7. The van der Waals surface area contributed by atoms with Gasteiger partial charge in [0.2, 0.25) is 11.9 Å². The standard InChI is InChI=1S/C22H29N5O3/c1-23-18-8-11-24-21(25-18)27-13-10-22(15-27)9-5-12-26(20(22)28)14-16-6-4-7-17(29-2)19(16)30-3/h4,6-8,11H,5,9-10,12-15H2,1-3H3,(H,23,24,25)/t22-/m0/s1. The van der Waals surface area contributed by atoms with Crippen LogP contribution >= 0.6 is 0 Å². The zero-order valence-electron chi connectivity index (χ0n) is 17.9. The van der Waals surface area contributed by atoms with Crippen LogP contribution in [0.15, 0.2) is 30.5 Å². The van der Waals surface area contributed by atoms with Crippen LogP contribution in [-0.4, -0.2) is 61.7 Å². The van der Waals surface area contributed by atoms with E-state index >= 15 is 0 Å². The molecule has 8 nitrogen and oxygen atoms in total. The molecule has 30 heavy (non-hydrogen) atoms. The fourth-order valence-corrected chi connectivity index (χ4v) is 4.65. The van der Waals surface area contributed by atoms with Crippen LogP contribution < -0.4 is 19.7 Å². The lowest BCUT2D eigenvalue weighted by Crippen LogP contribution is -2.49. The van der Waals surface area contributed by atoms with Crippen molar-refractivity contribution in [3.63, 3.8) is 0 Å². The molecule has 3 heterocycles. The van der Waals surface area contributed by atoms with Gasteiger partial charge in [-0.2, -0.15) is 4.98 Å². The highest BCUT2D eigenvalue weighted by atomic mass is 16.5. The third kappa shape index (κ3) is 3.62. The number of anilines is 2. The van der Waals surface area contributed by atoms with Gasteiger partial charge in [-0.25, -0.2) is 4.98 Å². The minimum atomic E-state index is -0.372. The first-order valence-corrected chi connectivity index (χ1v) is 10.4. The van der Waals surface area contributed by atoms with Crippen molar-refractivity contribution in [2.75, 3.05) is 51.1 Å². The summed E-state index contributed by atoms with van der Waals surface area (Å²) in [6.07, 6.45) is 4.47. The monoisotopic (exact) mass is 411 g/mol. The Hall–Kier alpha value is -3.03. The summed E-state index contributed by atoms with van der Waals surface area (Å²) in [5.41, 5.74) is 0.589. The molecule has 4 rings (SSSR count). The number of para-hydroxylation sites is 1. The molecule has 1 aromatic heterocycles. The number of likely N-dealkylation sites (tertiary alicyclic amines) is 1. The zero-order chi connectivity index (χ0) is 21.1. The summed E-state index contributed by atoms with van der Waals surface area (Å²) in [6.45, 7) is 2.72. The third-order valence-corrected chi connectivity index (χ3v) is 6.21. The van der Waals surface area contributed by atoms with E-state index in [1.165, 1.54) is 0 Å². The Morgan fingerprint density at radius 1 is 1.17 bits per heavy atom. The fraction of sp³-hybridized carbons (Fsp3) is 0.500. The van der Waals surface area contributed by atoms with Gasteiger partial charge in [-0.1, -0.05) is 12.1 Å². The van der Waals surface area contributed by atoms with Gasteiger partial charge in [-0.05, 0) is 31.4 Å². The SMILES string of the molecule is CNc1ccnc(N2CC[C@@]3(CCCN(Cc4cccc(OC)c4OC)C3=O)C2)n1. The van der Waals surface area contributed by atoms with Crippen LogP contribution in [0, 0.1) is 5.41 Å². The number of methoxy groups -OCH3 is 2. The van der Waals surface area contributed by atoms with E-state index < -0.39 is 0 Å². The van der Waals surface area contributed by atoms with Gasteiger partial charge >= 0.3 is 0 Å². The maximum atomic E-state index is 13.6. The summed E-state index contributed by atoms with van der Waals surface area (Å²) in [7, 11) is 5.10. The summed E-state index contributed by atoms with van der Waals surface area (Å²) in [6, 6.07) is 7.64. The summed E-state index contributed by atoms with van der Waals surface area (Å²) in [5, 5.41) is 3.05. The van der Waals surface area contributed by atoms with E-state index in [2.05, 4.69) is 20.2 Å². The molecule has 0 saturated carbocycles. The van der Waals surface area contributed by atoms with Crippen molar-refractivity contribution in [2.24, 2.45) is 5.41 Å². The first kappa shape index (κ1) is 20.3. The second-order valence-electron chi connectivity index (χ2n) is 7.93. The molecule has 2 aliphatic rings. The predicted molar refractivity (Wildman–Crippen MR) is 115 cm³/mol. The molecule has 2 aliphatic heterocycles. The molecule has 2 aromatic rings. The molecular formula is C22H29N5O3. The van der Waals surface area contributed by atoms with Crippen LogP contribution in [-0.2, 0) is 11.3 Å². The maximum Gasteiger partial charge on any atom is 0.230 e. The van der Waals surface area contributed by atoms with Gasteiger partial charge in [0.25, 0.3) is 0 Å². The Kier molecular flexibility index (Phi) is 5.65. The minimum absolute atomic E-state index is 0.214. The molecule has 0 aliphatic carbocycles. The molecule has 0 unspecified atom stereocenters. The fourth-order valence-electron chi connectivity index (χ4n) is 4.65. The van der Waals surface area contributed by atoms with Gasteiger partial charge in [0.05, 0.1) is 19.6 Å². The predicted octanol–water partition coefficient (Wildman–Crippen LogP) is 2.55. The molecule has 2 fully saturated rings. The van der Waals surface area contributed by atoms with Gasteiger partial charge in [0, 0.05) is 45.0 Å². The van der Waals surface area contributed by atoms with Crippen LogP contribution in [0.2, 0.25) is 0 Å². The minimum Gasteiger partial charge on any atom is -0.493 e. The van der Waals surface area contributed by atoms with Crippen LogP contribution in [0.3, 0.4) is 0 Å². The lowest BCUT2D eigenvalue weighted by atomic mass is 9.78. The van der Waals surface area contributed by atoms with Crippen molar-refractivity contribution in [1.82, 2.24) is 14.9 Å². The van der Waals surface area contributed by atoms with E-state index in [9.17, 15) is 4.79 Å². The first-order chi connectivity index (χ1) is 14.6. The molecular weight excluding hydrogens is 382 g/mol. The first-order valence-electron chi connectivity index (χ1n) is 10.4. The highest BCUT2D eigenvalue weighted by Gasteiger charge is 2.49. The second-order valence-corrected chi connectivity index (χ2v) is 7.93. The average molecular weight is 412 g/mol. The number of piperidine rings is 1. The molecule has 160 valence electrons. The lowest BCUT2D eigenvalue weighted by molar-refractivity contribution is -0.145. The average Bonchev–Trinajstić information content (AvgIpc) is 3.22. The Bertz CT molecular complexity index is 921. The number of amides is 1. The number of ether oxygens (including phenoxy) is 2. The molecule has 1 aromatic carbocycles. The third-order valence-electron chi connectivity index (χ3n) is 6.21. The summed E-state index contributed by atoms with van der Waals surface area (Å²) < 4.78 is 11.0. The second kappa shape index (κ2) is 8.38. The van der Waals surface area contributed by atoms with Crippen molar-refractivity contribution < 1.29 is 14.3 Å². The Balaban J connectivity index is 1.53. The van der Waals surface area contributed by atoms with Gasteiger partial charge in [-0.15, -0.1) is 0 Å². The van der Waals surface area contributed by atoms with Crippen molar-refractivity contribution in [3.8, 4) is 11.5 Å². The number of hydrogen-bond donors (Lipinski definition) is 1. The number of nitrogens with zero attached hydrogens (tertiary/aromatic N) is 4. The van der Waals surface area contributed by atoms with E-state index in [-0.39, 0.29) is 11.3 Å². The molecule has 8 heteroatoms. The Labute approximate surface area is 177 Å². The van der Waals surface area contributed by atoms with Crippen LogP contribution in [0.1, 0.15) is 24.8 Å². The number of rotatable bonds is 6. The smallest absolute Gasteiger partial charge is 0.230 e. The topological polar surface area (TPSA) is 79.8 Å². The molecule has 1 N–H and O–H groups in total. The number of carbonyl (C=O) groups excluding carboxylic acids is 1. The molecule has 0 bridgehead atoms. The molecule has 1 amide bonds. The number of nitrogens with one attached hydrogen (secondary N) is 1. The van der Waals surface area contributed by atoms with Crippen LogP contribution in [0.25, 0.3) is 0 Å². The Morgan fingerprint density at radius 2 is 2.03 bits per heavy atom. The normalized spacial score (nSPS) is 21.2. The van der Waals surface area contributed by atoms with E-state index in [0.29, 0.717) is 30.5 Å². The maximum absolute atomic E-state index is 13.6. The molecule has 2 saturated heterocycles. The number of carbonyl (C=O) groups is 1.